The number of benzene rings is 3. The molecule has 0 saturated heterocycles. The number of nitrogens with zero attached hydrogens (tertiary/aromatic N) is 1. The Labute approximate surface area is 215 Å². The smallest absolute Gasteiger partial charge is 0.349 e. The number of hydrogen-bond acceptors (Lipinski definition) is 6. The SMILES string of the molecule is CCc1ccc(OCC2c3cc(OC)c(OC)cc3CCN2C(=O)c2cc3ccccc3oc2=O)cc1. The molecule has 7 heteroatoms. The van der Waals surface area contributed by atoms with Crippen molar-refractivity contribution in [3.05, 3.63) is 99.4 Å². The van der Waals surface area contributed by atoms with Crippen molar-refractivity contribution < 1.29 is 23.4 Å². The molecule has 7 nitrogen and oxygen atoms in total. The van der Waals surface area contributed by atoms with Crippen LogP contribution in [0.4, 0.5) is 0 Å². The summed E-state index contributed by atoms with van der Waals surface area (Å²) in [5.74, 6) is 1.52. The number of carbonyl (C=O) groups excluding carboxylic acids is 1. The van der Waals surface area contributed by atoms with Crippen LogP contribution in [-0.4, -0.2) is 38.2 Å². The first-order valence-electron chi connectivity index (χ1n) is 12.3. The molecule has 0 aliphatic carbocycles. The number of rotatable bonds is 7. The second-order valence-corrected chi connectivity index (χ2v) is 8.96. The van der Waals surface area contributed by atoms with Gasteiger partial charge in [0.05, 0.1) is 20.3 Å². The van der Waals surface area contributed by atoms with Crippen LogP contribution >= 0.6 is 0 Å². The van der Waals surface area contributed by atoms with Gasteiger partial charge in [-0.25, -0.2) is 4.79 Å². The van der Waals surface area contributed by atoms with Crippen LogP contribution < -0.4 is 19.8 Å². The molecule has 0 N–H and O–H groups in total. The predicted octanol–water partition coefficient (Wildman–Crippen LogP) is 5.19. The van der Waals surface area contributed by atoms with Crippen LogP contribution in [-0.2, 0) is 12.8 Å². The fourth-order valence-corrected chi connectivity index (χ4v) is 4.81. The minimum atomic E-state index is -0.656. The zero-order chi connectivity index (χ0) is 25.9. The predicted molar refractivity (Wildman–Crippen MR) is 141 cm³/mol. The van der Waals surface area contributed by atoms with Crippen LogP contribution in [0.5, 0.6) is 17.2 Å². The van der Waals surface area contributed by atoms with E-state index in [1.165, 1.54) is 5.56 Å². The van der Waals surface area contributed by atoms with Crippen molar-refractivity contribution in [1.29, 1.82) is 0 Å². The molecule has 0 saturated carbocycles. The average Bonchev–Trinajstić information content (AvgIpc) is 2.94. The van der Waals surface area contributed by atoms with Gasteiger partial charge in [0, 0.05) is 11.9 Å². The van der Waals surface area contributed by atoms with Gasteiger partial charge in [-0.1, -0.05) is 37.3 Å². The van der Waals surface area contributed by atoms with Crippen molar-refractivity contribution in [2.75, 3.05) is 27.4 Å². The van der Waals surface area contributed by atoms with Gasteiger partial charge in [0.25, 0.3) is 5.91 Å². The summed E-state index contributed by atoms with van der Waals surface area (Å²) in [6, 6.07) is 20.1. The van der Waals surface area contributed by atoms with Crippen molar-refractivity contribution in [3.8, 4) is 17.2 Å². The summed E-state index contributed by atoms with van der Waals surface area (Å²) in [5, 5.41) is 0.693. The number of carbonyl (C=O) groups is 1. The molecule has 1 aromatic heterocycles. The molecule has 4 aromatic rings. The van der Waals surface area contributed by atoms with Gasteiger partial charge in [-0.3, -0.25) is 4.79 Å². The highest BCUT2D eigenvalue weighted by Gasteiger charge is 2.34. The summed E-state index contributed by atoms with van der Waals surface area (Å²) in [7, 11) is 3.18. The third-order valence-electron chi connectivity index (χ3n) is 6.87. The van der Waals surface area contributed by atoms with E-state index in [4.69, 9.17) is 18.6 Å². The van der Waals surface area contributed by atoms with Crippen molar-refractivity contribution >= 4 is 16.9 Å². The molecular formula is C30H29NO6. The Morgan fingerprint density at radius 3 is 2.46 bits per heavy atom. The van der Waals surface area contributed by atoms with Gasteiger partial charge in [0.15, 0.2) is 11.5 Å². The maximum Gasteiger partial charge on any atom is 0.349 e. The van der Waals surface area contributed by atoms with Gasteiger partial charge >= 0.3 is 5.63 Å². The Morgan fingerprint density at radius 1 is 1.00 bits per heavy atom. The Kier molecular flexibility index (Phi) is 6.86. The Morgan fingerprint density at radius 2 is 1.73 bits per heavy atom. The highest BCUT2D eigenvalue weighted by Crippen LogP contribution is 2.39. The fraction of sp³-hybridized carbons (Fsp3) is 0.267. The molecule has 190 valence electrons. The van der Waals surface area contributed by atoms with Crippen LogP contribution in [0, 0.1) is 0 Å². The van der Waals surface area contributed by atoms with Crippen LogP contribution in [0.1, 0.15) is 40.0 Å². The van der Waals surface area contributed by atoms with Gasteiger partial charge in [-0.2, -0.15) is 0 Å². The topological polar surface area (TPSA) is 78.2 Å². The Balaban J connectivity index is 1.53. The first-order chi connectivity index (χ1) is 18.0. The highest BCUT2D eigenvalue weighted by atomic mass is 16.5. The number of amides is 1. The summed E-state index contributed by atoms with van der Waals surface area (Å²) in [5.41, 5.74) is 2.94. The number of ether oxygens (including phenoxy) is 3. The summed E-state index contributed by atoms with van der Waals surface area (Å²) in [4.78, 5) is 28.3. The van der Waals surface area contributed by atoms with Crippen molar-refractivity contribution in [2.24, 2.45) is 0 Å². The molecule has 1 unspecified atom stereocenters. The summed E-state index contributed by atoms with van der Waals surface area (Å²) in [6.45, 7) is 2.72. The fourth-order valence-electron chi connectivity index (χ4n) is 4.81. The zero-order valence-corrected chi connectivity index (χ0v) is 21.2. The lowest BCUT2D eigenvalue weighted by Gasteiger charge is -2.37. The lowest BCUT2D eigenvalue weighted by atomic mass is 9.91. The van der Waals surface area contributed by atoms with E-state index in [9.17, 15) is 9.59 Å². The van der Waals surface area contributed by atoms with Crippen LogP contribution in [0.15, 0.2) is 75.9 Å². The molecule has 0 fully saturated rings. The minimum Gasteiger partial charge on any atom is -0.493 e. The zero-order valence-electron chi connectivity index (χ0n) is 21.2. The van der Waals surface area contributed by atoms with Gasteiger partial charge in [0.1, 0.15) is 23.5 Å². The van der Waals surface area contributed by atoms with E-state index in [1.807, 2.05) is 48.5 Å². The molecule has 37 heavy (non-hydrogen) atoms. The van der Waals surface area contributed by atoms with Gasteiger partial charge < -0.3 is 23.5 Å². The number of aryl methyl sites for hydroxylation is 1. The van der Waals surface area contributed by atoms with Gasteiger partial charge in [0.2, 0.25) is 0 Å². The third kappa shape index (κ3) is 4.77. The molecule has 3 aromatic carbocycles. The first kappa shape index (κ1) is 24.4. The largest absolute Gasteiger partial charge is 0.493 e. The maximum atomic E-state index is 13.8. The van der Waals surface area contributed by atoms with E-state index in [1.54, 1.807) is 37.3 Å². The second kappa shape index (κ2) is 10.4. The number of fused-ring (bicyclic) bond motifs is 2. The third-order valence-corrected chi connectivity index (χ3v) is 6.87. The van der Waals surface area contributed by atoms with E-state index >= 15 is 0 Å². The maximum absolute atomic E-state index is 13.8. The summed E-state index contributed by atoms with van der Waals surface area (Å²) < 4.78 is 22.7. The van der Waals surface area contributed by atoms with Gasteiger partial charge in [-0.15, -0.1) is 0 Å². The quantitative estimate of drug-likeness (QED) is 0.326. The van der Waals surface area contributed by atoms with E-state index < -0.39 is 17.6 Å². The lowest BCUT2D eigenvalue weighted by Crippen LogP contribution is -2.44. The van der Waals surface area contributed by atoms with Crippen LogP contribution in [0.3, 0.4) is 0 Å². The van der Waals surface area contributed by atoms with E-state index in [-0.39, 0.29) is 12.2 Å². The van der Waals surface area contributed by atoms with E-state index in [0.717, 1.165) is 17.5 Å². The Bertz CT molecular complexity index is 1490. The normalized spacial score (nSPS) is 14.8. The minimum absolute atomic E-state index is 0.0000691. The van der Waals surface area contributed by atoms with Crippen molar-refractivity contribution in [3.63, 3.8) is 0 Å². The lowest BCUT2D eigenvalue weighted by molar-refractivity contribution is 0.0585. The average molecular weight is 500 g/mol. The summed E-state index contributed by atoms with van der Waals surface area (Å²) >= 11 is 0. The standard InChI is InChI=1S/C30H29NO6/c1-4-19-9-11-22(12-10-19)36-18-25-23-17-28(35-3)27(34-2)16-20(23)13-14-31(25)29(32)24-15-21-7-5-6-8-26(21)37-30(24)33/h5-12,15-17,25H,4,13-14,18H2,1-3H3. The first-order valence-corrected chi connectivity index (χ1v) is 12.3. The molecule has 1 aliphatic heterocycles. The molecule has 1 amide bonds. The number of hydrogen-bond donors (Lipinski definition) is 0. The molecule has 5 rings (SSSR count). The number of methoxy groups -OCH3 is 2. The second-order valence-electron chi connectivity index (χ2n) is 8.96. The summed E-state index contributed by atoms with van der Waals surface area (Å²) in [6.07, 6.45) is 1.54. The molecule has 1 atom stereocenters. The van der Waals surface area contributed by atoms with E-state index in [2.05, 4.69) is 6.92 Å². The molecule has 0 radical (unpaired) electrons. The highest BCUT2D eigenvalue weighted by molar-refractivity contribution is 5.97. The van der Waals surface area contributed by atoms with Crippen LogP contribution in [0.25, 0.3) is 11.0 Å². The van der Waals surface area contributed by atoms with Crippen LogP contribution in [0.2, 0.25) is 0 Å². The number of para-hydroxylation sites is 1. The van der Waals surface area contributed by atoms with E-state index in [0.29, 0.717) is 41.2 Å². The Hall–Kier alpha value is -4.26. The monoisotopic (exact) mass is 499 g/mol. The molecular weight excluding hydrogens is 470 g/mol. The molecule has 0 spiro atoms. The van der Waals surface area contributed by atoms with Crippen molar-refractivity contribution in [1.82, 2.24) is 4.90 Å². The molecule has 1 aliphatic rings. The molecule has 0 bridgehead atoms. The van der Waals surface area contributed by atoms with Crippen molar-refractivity contribution in [2.45, 2.75) is 25.8 Å². The molecule has 2 heterocycles. The van der Waals surface area contributed by atoms with Gasteiger partial charge in [-0.05, 0) is 65.9 Å².